The van der Waals surface area contributed by atoms with Crippen molar-refractivity contribution in [3.8, 4) is 11.3 Å². The SMILES string of the molecule is CN=C(NCc1cc(-c2ccccc2)on1)NCC(C)Cc1cccs1. The second-order valence-electron chi connectivity index (χ2n) is 6.24. The van der Waals surface area contributed by atoms with Crippen molar-refractivity contribution in [2.24, 2.45) is 10.9 Å². The van der Waals surface area contributed by atoms with E-state index < -0.39 is 0 Å². The second-order valence-corrected chi connectivity index (χ2v) is 7.28. The van der Waals surface area contributed by atoms with Gasteiger partial charge in [0.05, 0.1) is 6.54 Å². The van der Waals surface area contributed by atoms with Gasteiger partial charge in [0.1, 0.15) is 5.69 Å². The minimum atomic E-state index is 0.531. The maximum Gasteiger partial charge on any atom is 0.191 e. The number of nitrogens with one attached hydrogen (secondary N) is 2. The molecule has 26 heavy (non-hydrogen) atoms. The van der Waals surface area contributed by atoms with Crippen LogP contribution in [0.3, 0.4) is 0 Å². The Morgan fingerprint density at radius 2 is 2.04 bits per heavy atom. The largest absolute Gasteiger partial charge is 0.356 e. The van der Waals surface area contributed by atoms with Gasteiger partial charge in [-0.1, -0.05) is 48.5 Å². The van der Waals surface area contributed by atoms with Gasteiger partial charge in [-0.05, 0) is 23.8 Å². The molecule has 0 radical (unpaired) electrons. The van der Waals surface area contributed by atoms with Crippen LogP contribution in [0.4, 0.5) is 0 Å². The first-order valence-corrected chi connectivity index (χ1v) is 9.60. The number of hydrogen-bond donors (Lipinski definition) is 2. The third-order valence-electron chi connectivity index (χ3n) is 4.03. The van der Waals surface area contributed by atoms with Crippen LogP contribution in [0.15, 0.2) is 63.4 Å². The van der Waals surface area contributed by atoms with E-state index in [1.807, 2.05) is 36.4 Å². The summed E-state index contributed by atoms with van der Waals surface area (Å²) in [5, 5.41) is 12.9. The van der Waals surface area contributed by atoms with E-state index in [1.54, 1.807) is 18.4 Å². The van der Waals surface area contributed by atoms with E-state index in [1.165, 1.54) is 4.88 Å². The zero-order valence-corrected chi connectivity index (χ0v) is 15.9. The molecule has 0 saturated heterocycles. The Bertz CT molecular complexity index is 811. The molecule has 5 nitrogen and oxygen atoms in total. The highest BCUT2D eigenvalue weighted by molar-refractivity contribution is 7.09. The topological polar surface area (TPSA) is 62.5 Å². The predicted molar refractivity (Wildman–Crippen MR) is 107 cm³/mol. The molecule has 0 saturated carbocycles. The molecule has 136 valence electrons. The van der Waals surface area contributed by atoms with Crippen molar-refractivity contribution in [1.29, 1.82) is 0 Å². The zero-order chi connectivity index (χ0) is 18.2. The Morgan fingerprint density at radius 1 is 1.19 bits per heavy atom. The van der Waals surface area contributed by atoms with Gasteiger partial charge in [0, 0.05) is 30.1 Å². The molecular formula is C20H24N4OS. The Kier molecular flexibility index (Phi) is 6.44. The van der Waals surface area contributed by atoms with Crippen molar-refractivity contribution in [1.82, 2.24) is 15.8 Å². The molecule has 0 spiro atoms. The molecule has 1 aromatic carbocycles. The lowest BCUT2D eigenvalue weighted by atomic mass is 10.1. The van der Waals surface area contributed by atoms with Crippen LogP contribution in [0.25, 0.3) is 11.3 Å². The van der Waals surface area contributed by atoms with Gasteiger partial charge < -0.3 is 15.2 Å². The molecular weight excluding hydrogens is 344 g/mol. The third-order valence-corrected chi connectivity index (χ3v) is 4.92. The van der Waals surface area contributed by atoms with Gasteiger partial charge in [0.2, 0.25) is 0 Å². The number of guanidine groups is 1. The fourth-order valence-corrected chi connectivity index (χ4v) is 3.51. The minimum Gasteiger partial charge on any atom is -0.356 e. The summed E-state index contributed by atoms with van der Waals surface area (Å²) in [5.74, 6) is 2.08. The number of thiophene rings is 1. The molecule has 1 unspecified atom stereocenters. The van der Waals surface area contributed by atoms with Crippen molar-refractivity contribution >= 4 is 17.3 Å². The molecule has 1 atom stereocenters. The Balaban J connectivity index is 1.46. The summed E-state index contributed by atoms with van der Waals surface area (Å²) in [6.45, 7) is 3.67. The standard InChI is InChI=1S/C20H24N4OS/c1-15(11-18-9-6-10-26-18)13-22-20(21-2)23-14-17-12-19(25-24-17)16-7-4-3-5-8-16/h3-10,12,15H,11,13-14H2,1-2H3,(H2,21,22,23). The molecule has 0 aliphatic heterocycles. The van der Waals surface area contributed by atoms with Gasteiger partial charge in [0.25, 0.3) is 0 Å². The van der Waals surface area contributed by atoms with Crippen LogP contribution >= 0.6 is 11.3 Å². The molecule has 3 rings (SSSR count). The van der Waals surface area contributed by atoms with E-state index in [9.17, 15) is 0 Å². The van der Waals surface area contributed by atoms with E-state index in [4.69, 9.17) is 4.52 Å². The average Bonchev–Trinajstić information content (AvgIpc) is 3.34. The van der Waals surface area contributed by atoms with Crippen LogP contribution in [0.5, 0.6) is 0 Å². The summed E-state index contributed by atoms with van der Waals surface area (Å²) in [4.78, 5) is 5.69. The molecule has 0 bridgehead atoms. The van der Waals surface area contributed by atoms with Gasteiger partial charge in [-0.3, -0.25) is 4.99 Å². The van der Waals surface area contributed by atoms with Gasteiger partial charge in [-0.25, -0.2) is 0 Å². The van der Waals surface area contributed by atoms with Gasteiger partial charge in [0.15, 0.2) is 11.7 Å². The first kappa shape index (κ1) is 18.2. The van der Waals surface area contributed by atoms with E-state index in [0.717, 1.165) is 35.9 Å². The second kappa shape index (κ2) is 9.20. The summed E-state index contributed by atoms with van der Waals surface area (Å²) in [7, 11) is 1.78. The summed E-state index contributed by atoms with van der Waals surface area (Å²) in [6.07, 6.45) is 1.07. The maximum absolute atomic E-state index is 5.42. The monoisotopic (exact) mass is 368 g/mol. The molecule has 0 fully saturated rings. The summed E-state index contributed by atoms with van der Waals surface area (Å²) >= 11 is 1.81. The normalized spacial score (nSPS) is 12.8. The molecule has 3 aromatic rings. The highest BCUT2D eigenvalue weighted by Crippen LogP contribution is 2.19. The molecule has 2 heterocycles. The lowest BCUT2D eigenvalue weighted by Crippen LogP contribution is -2.39. The van der Waals surface area contributed by atoms with Crippen molar-refractivity contribution in [3.05, 3.63) is 64.5 Å². The van der Waals surface area contributed by atoms with E-state index in [2.05, 4.69) is 45.2 Å². The maximum atomic E-state index is 5.42. The first-order valence-electron chi connectivity index (χ1n) is 8.72. The van der Waals surface area contributed by atoms with Crippen molar-refractivity contribution < 1.29 is 4.52 Å². The smallest absolute Gasteiger partial charge is 0.191 e. The molecule has 6 heteroatoms. The van der Waals surface area contributed by atoms with E-state index in [0.29, 0.717) is 12.5 Å². The van der Waals surface area contributed by atoms with Crippen LogP contribution in [-0.4, -0.2) is 24.7 Å². The fraction of sp³-hybridized carbons (Fsp3) is 0.300. The van der Waals surface area contributed by atoms with Crippen LogP contribution < -0.4 is 10.6 Å². The van der Waals surface area contributed by atoms with Crippen molar-refractivity contribution in [2.75, 3.05) is 13.6 Å². The predicted octanol–water partition coefficient (Wildman–Crippen LogP) is 3.95. The summed E-state index contributed by atoms with van der Waals surface area (Å²) < 4.78 is 5.42. The number of benzene rings is 1. The van der Waals surface area contributed by atoms with E-state index >= 15 is 0 Å². The Hall–Kier alpha value is -2.60. The first-order chi connectivity index (χ1) is 12.7. The fourth-order valence-electron chi connectivity index (χ4n) is 2.64. The summed E-state index contributed by atoms with van der Waals surface area (Å²) in [6, 6.07) is 16.2. The third kappa shape index (κ3) is 5.20. The van der Waals surface area contributed by atoms with Crippen LogP contribution in [0.2, 0.25) is 0 Å². The van der Waals surface area contributed by atoms with E-state index in [-0.39, 0.29) is 0 Å². The Morgan fingerprint density at radius 3 is 2.77 bits per heavy atom. The van der Waals surface area contributed by atoms with Crippen LogP contribution in [0, 0.1) is 5.92 Å². The Labute approximate surface area is 158 Å². The molecule has 0 aliphatic rings. The minimum absolute atomic E-state index is 0.531. The van der Waals surface area contributed by atoms with Crippen LogP contribution in [-0.2, 0) is 13.0 Å². The molecule has 2 aromatic heterocycles. The van der Waals surface area contributed by atoms with Crippen LogP contribution in [0.1, 0.15) is 17.5 Å². The lowest BCUT2D eigenvalue weighted by Gasteiger charge is -2.15. The quantitative estimate of drug-likeness (QED) is 0.490. The van der Waals surface area contributed by atoms with Crippen molar-refractivity contribution in [3.63, 3.8) is 0 Å². The number of hydrogen-bond acceptors (Lipinski definition) is 4. The number of nitrogens with zero attached hydrogens (tertiary/aromatic N) is 2. The highest BCUT2D eigenvalue weighted by atomic mass is 32.1. The number of aliphatic imine (C=N–C) groups is 1. The highest BCUT2D eigenvalue weighted by Gasteiger charge is 2.09. The number of rotatable bonds is 7. The lowest BCUT2D eigenvalue weighted by molar-refractivity contribution is 0.422. The number of aromatic nitrogens is 1. The van der Waals surface area contributed by atoms with Crippen molar-refractivity contribution in [2.45, 2.75) is 19.9 Å². The molecule has 0 aliphatic carbocycles. The van der Waals surface area contributed by atoms with Gasteiger partial charge in [-0.15, -0.1) is 11.3 Å². The zero-order valence-electron chi connectivity index (χ0n) is 15.1. The van der Waals surface area contributed by atoms with Gasteiger partial charge in [-0.2, -0.15) is 0 Å². The molecule has 0 amide bonds. The molecule has 2 N–H and O–H groups in total. The average molecular weight is 369 g/mol. The van der Waals surface area contributed by atoms with Gasteiger partial charge >= 0.3 is 0 Å². The summed E-state index contributed by atoms with van der Waals surface area (Å²) in [5.41, 5.74) is 1.87.